The molecule has 5 heteroatoms. The van der Waals surface area contributed by atoms with E-state index in [1.165, 1.54) is 0 Å². The maximum atomic E-state index is 9.65. The largest absolute Gasteiger partial charge is 0.506 e. The zero-order valence-electron chi connectivity index (χ0n) is 8.52. The second kappa shape index (κ2) is 4.63. The average molecular weight is 239 g/mol. The monoisotopic (exact) mass is 238 g/mol. The van der Waals surface area contributed by atoms with E-state index in [9.17, 15) is 5.11 Å². The molecule has 0 saturated carbocycles. The van der Waals surface area contributed by atoms with E-state index in [-0.39, 0.29) is 12.4 Å². The lowest BCUT2D eigenvalue weighted by Crippen LogP contribution is -1.98. The minimum Gasteiger partial charge on any atom is -0.506 e. The molecule has 0 aliphatic rings. The van der Waals surface area contributed by atoms with Gasteiger partial charge in [-0.05, 0) is 18.6 Å². The summed E-state index contributed by atoms with van der Waals surface area (Å²) in [5, 5.41) is 19.3. The Kier molecular flexibility index (Phi) is 3.22. The fourth-order valence-electron chi connectivity index (χ4n) is 1.49. The summed E-state index contributed by atoms with van der Waals surface area (Å²) >= 11 is 5.99. The van der Waals surface area contributed by atoms with Crippen molar-refractivity contribution in [1.82, 2.24) is 9.97 Å². The van der Waals surface area contributed by atoms with Gasteiger partial charge in [-0.2, -0.15) is 0 Å². The predicted molar refractivity (Wildman–Crippen MR) is 61.6 cm³/mol. The molecule has 2 aromatic rings. The van der Waals surface area contributed by atoms with Gasteiger partial charge in [0.05, 0.1) is 0 Å². The van der Waals surface area contributed by atoms with E-state index < -0.39 is 0 Å². The molecule has 0 aliphatic heterocycles. The van der Waals surface area contributed by atoms with Gasteiger partial charge in [-0.15, -0.1) is 0 Å². The minimum atomic E-state index is 0.0831. The summed E-state index contributed by atoms with van der Waals surface area (Å²) in [5.74, 6) is 0.625. The molecule has 84 valence electrons. The molecule has 1 heterocycles. The van der Waals surface area contributed by atoms with Crippen molar-refractivity contribution in [3.05, 3.63) is 29.2 Å². The third kappa shape index (κ3) is 2.08. The van der Waals surface area contributed by atoms with Gasteiger partial charge in [0.15, 0.2) is 0 Å². The Bertz CT molecular complexity index is 517. The first-order valence-corrected chi connectivity index (χ1v) is 5.35. The molecule has 0 radical (unpaired) electrons. The van der Waals surface area contributed by atoms with Crippen LogP contribution in [-0.4, -0.2) is 26.8 Å². The number of halogens is 1. The Morgan fingerprint density at radius 3 is 2.81 bits per heavy atom. The fourth-order valence-corrected chi connectivity index (χ4v) is 1.74. The number of hydrogen-bond donors (Lipinski definition) is 2. The minimum absolute atomic E-state index is 0.0831. The Morgan fingerprint density at radius 2 is 2.06 bits per heavy atom. The third-order valence-corrected chi connectivity index (χ3v) is 2.55. The highest BCUT2D eigenvalue weighted by atomic mass is 35.5. The van der Waals surface area contributed by atoms with Crippen molar-refractivity contribution in [2.45, 2.75) is 12.8 Å². The summed E-state index contributed by atoms with van der Waals surface area (Å²) in [6.45, 7) is 0.0831. The Balaban J connectivity index is 2.52. The number of aliphatic hydroxyl groups excluding tert-OH is 1. The van der Waals surface area contributed by atoms with Crippen LogP contribution >= 0.6 is 11.6 Å². The van der Waals surface area contributed by atoms with Crippen molar-refractivity contribution in [3.8, 4) is 5.75 Å². The number of phenols is 1. The highest BCUT2D eigenvalue weighted by Crippen LogP contribution is 2.27. The van der Waals surface area contributed by atoms with Gasteiger partial charge < -0.3 is 10.2 Å². The summed E-state index contributed by atoms with van der Waals surface area (Å²) in [7, 11) is 0. The van der Waals surface area contributed by atoms with Crippen LogP contribution in [0.15, 0.2) is 18.2 Å². The number of fused-ring (bicyclic) bond motifs is 1. The average Bonchev–Trinajstić information content (AvgIpc) is 2.28. The number of aliphatic hydroxyl groups is 1. The van der Waals surface area contributed by atoms with Crippen molar-refractivity contribution < 1.29 is 10.2 Å². The van der Waals surface area contributed by atoms with Gasteiger partial charge in [-0.1, -0.05) is 17.7 Å². The molecule has 16 heavy (non-hydrogen) atoms. The molecule has 0 spiro atoms. The lowest BCUT2D eigenvalue weighted by molar-refractivity contribution is 0.287. The van der Waals surface area contributed by atoms with Crippen LogP contribution in [0.1, 0.15) is 12.2 Å². The molecule has 0 fully saturated rings. The van der Waals surface area contributed by atoms with E-state index >= 15 is 0 Å². The lowest BCUT2D eigenvalue weighted by Gasteiger charge is -2.04. The first kappa shape index (κ1) is 11.1. The second-order valence-corrected chi connectivity index (χ2v) is 3.79. The van der Waals surface area contributed by atoms with Gasteiger partial charge in [0.2, 0.25) is 0 Å². The summed E-state index contributed by atoms with van der Waals surface area (Å²) in [6, 6.07) is 5.01. The zero-order chi connectivity index (χ0) is 11.5. The summed E-state index contributed by atoms with van der Waals surface area (Å²) in [6.07, 6.45) is 1.12. The van der Waals surface area contributed by atoms with E-state index in [1.807, 2.05) is 0 Å². The highest BCUT2D eigenvalue weighted by Gasteiger charge is 2.08. The number of benzene rings is 1. The van der Waals surface area contributed by atoms with Crippen LogP contribution < -0.4 is 0 Å². The van der Waals surface area contributed by atoms with Gasteiger partial charge >= 0.3 is 0 Å². The van der Waals surface area contributed by atoms with Crippen LogP contribution in [0.4, 0.5) is 0 Å². The Morgan fingerprint density at radius 1 is 1.25 bits per heavy atom. The number of para-hydroxylation sites is 1. The lowest BCUT2D eigenvalue weighted by atomic mass is 10.2. The molecule has 0 amide bonds. The van der Waals surface area contributed by atoms with E-state index in [0.29, 0.717) is 34.7 Å². The number of aryl methyl sites for hydroxylation is 1. The van der Waals surface area contributed by atoms with Crippen molar-refractivity contribution in [2.75, 3.05) is 6.61 Å². The SMILES string of the molecule is OCCCc1nc(Cl)c2cccc(O)c2n1. The number of aromatic hydroxyl groups is 1. The summed E-state index contributed by atoms with van der Waals surface area (Å²) < 4.78 is 0. The topological polar surface area (TPSA) is 66.2 Å². The second-order valence-electron chi connectivity index (χ2n) is 3.43. The van der Waals surface area contributed by atoms with E-state index in [2.05, 4.69) is 9.97 Å². The number of hydrogen-bond acceptors (Lipinski definition) is 4. The quantitative estimate of drug-likeness (QED) is 0.802. The summed E-state index contributed by atoms with van der Waals surface area (Å²) in [4.78, 5) is 8.33. The number of phenolic OH excluding ortho intramolecular Hbond substituents is 1. The highest BCUT2D eigenvalue weighted by molar-refractivity contribution is 6.34. The van der Waals surface area contributed by atoms with Crippen molar-refractivity contribution >= 4 is 22.5 Å². The summed E-state index contributed by atoms with van der Waals surface area (Å²) in [5.41, 5.74) is 0.454. The molecule has 0 atom stereocenters. The molecule has 0 aliphatic carbocycles. The van der Waals surface area contributed by atoms with E-state index in [0.717, 1.165) is 0 Å². The fraction of sp³-hybridized carbons (Fsp3) is 0.273. The van der Waals surface area contributed by atoms with Gasteiger partial charge in [0.25, 0.3) is 0 Å². The predicted octanol–water partition coefficient (Wildman–Crippen LogP) is 1.91. The van der Waals surface area contributed by atoms with Crippen LogP contribution in [0.25, 0.3) is 10.9 Å². The zero-order valence-corrected chi connectivity index (χ0v) is 9.28. The number of nitrogens with zero attached hydrogens (tertiary/aromatic N) is 2. The maximum absolute atomic E-state index is 9.65. The molecule has 0 saturated heterocycles. The first-order chi connectivity index (χ1) is 7.72. The standard InChI is InChI=1S/C11H11ClN2O2/c12-11-7-3-1-4-8(16)10(7)13-9(14-11)5-2-6-15/h1,3-4,15-16H,2,5-6H2. The normalized spacial score (nSPS) is 10.9. The van der Waals surface area contributed by atoms with Crippen LogP contribution in [0.2, 0.25) is 5.15 Å². The molecular formula is C11H11ClN2O2. The molecular weight excluding hydrogens is 228 g/mol. The van der Waals surface area contributed by atoms with Crippen LogP contribution in [0.3, 0.4) is 0 Å². The Labute approximate surface area is 97.5 Å². The molecule has 0 unspecified atom stereocenters. The molecule has 0 bridgehead atoms. The van der Waals surface area contributed by atoms with Crippen molar-refractivity contribution in [1.29, 1.82) is 0 Å². The smallest absolute Gasteiger partial charge is 0.141 e. The Hall–Kier alpha value is -1.39. The molecule has 4 nitrogen and oxygen atoms in total. The molecule has 1 aromatic carbocycles. The molecule has 1 aromatic heterocycles. The number of aromatic nitrogens is 2. The van der Waals surface area contributed by atoms with Crippen LogP contribution in [-0.2, 0) is 6.42 Å². The van der Waals surface area contributed by atoms with Gasteiger partial charge in [-0.25, -0.2) is 9.97 Å². The molecule has 2 rings (SSSR count). The van der Waals surface area contributed by atoms with E-state index in [4.69, 9.17) is 16.7 Å². The van der Waals surface area contributed by atoms with E-state index in [1.54, 1.807) is 18.2 Å². The van der Waals surface area contributed by atoms with Gasteiger partial charge in [-0.3, -0.25) is 0 Å². The van der Waals surface area contributed by atoms with Crippen molar-refractivity contribution in [2.24, 2.45) is 0 Å². The first-order valence-electron chi connectivity index (χ1n) is 4.97. The number of rotatable bonds is 3. The van der Waals surface area contributed by atoms with Crippen LogP contribution in [0, 0.1) is 0 Å². The molecule has 2 N–H and O–H groups in total. The maximum Gasteiger partial charge on any atom is 0.141 e. The van der Waals surface area contributed by atoms with Gasteiger partial charge in [0.1, 0.15) is 22.2 Å². The van der Waals surface area contributed by atoms with Gasteiger partial charge in [0, 0.05) is 18.4 Å². The van der Waals surface area contributed by atoms with Crippen LogP contribution in [0.5, 0.6) is 5.75 Å². The van der Waals surface area contributed by atoms with Crippen molar-refractivity contribution in [3.63, 3.8) is 0 Å². The third-order valence-electron chi connectivity index (χ3n) is 2.26.